The average molecular weight is 328 g/mol. The molecule has 2 unspecified atom stereocenters. The molecule has 3 N–H and O–H groups in total. The fraction of sp³-hybridized carbons (Fsp3) is 0.625. The first-order chi connectivity index (χ1) is 9.13. The van der Waals surface area contributed by atoms with Gasteiger partial charge in [0.2, 0.25) is 0 Å². The van der Waals surface area contributed by atoms with Gasteiger partial charge < -0.3 is 10.8 Å². The maximum absolute atomic E-state index is 10.7. The summed E-state index contributed by atoms with van der Waals surface area (Å²) in [4.78, 5) is 0. The van der Waals surface area contributed by atoms with E-state index in [-0.39, 0.29) is 12.0 Å². The van der Waals surface area contributed by atoms with Crippen molar-refractivity contribution >= 4 is 15.9 Å². The van der Waals surface area contributed by atoms with Crippen molar-refractivity contribution in [1.29, 1.82) is 0 Å². The molecule has 0 fully saturated rings. The second-order valence-corrected chi connectivity index (χ2v) is 6.14. The Balaban J connectivity index is 2.87. The van der Waals surface area contributed by atoms with Gasteiger partial charge in [-0.1, -0.05) is 54.8 Å². The molecule has 0 spiro atoms. The van der Waals surface area contributed by atoms with Crippen molar-refractivity contribution in [2.45, 2.75) is 51.6 Å². The zero-order chi connectivity index (χ0) is 14.3. The van der Waals surface area contributed by atoms with Gasteiger partial charge in [0.25, 0.3) is 0 Å². The van der Waals surface area contributed by atoms with E-state index in [1.165, 1.54) is 0 Å². The van der Waals surface area contributed by atoms with Gasteiger partial charge in [0.05, 0.1) is 6.10 Å². The number of hydrogen-bond donors (Lipinski definition) is 2. The summed E-state index contributed by atoms with van der Waals surface area (Å²) in [5.41, 5.74) is 7.04. The first kappa shape index (κ1) is 16.7. The maximum Gasteiger partial charge on any atom is 0.0648 e. The predicted molar refractivity (Wildman–Crippen MR) is 85.3 cm³/mol. The Labute approximate surface area is 125 Å². The van der Waals surface area contributed by atoms with Gasteiger partial charge in [0.15, 0.2) is 0 Å². The Morgan fingerprint density at radius 1 is 1.21 bits per heavy atom. The summed E-state index contributed by atoms with van der Waals surface area (Å²) in [5, 5.41) is 10.7. The molecular weight excluding hydrogens is 302 g/mol. The molecular formula is C16H26BrNO. The quantitative estimate of drug-likeness (QED) is 0.756. The van der Waals surface area contributed by atoms with Crippen molar-refractivity contribution in [3.63, 3.8) is 0 Å². The summed E-state index contributed by atoms with van der Waals surface area (Å²) in [5.74, 6) is 0.378. The molecule has 0 aromatic heterocycles. The van der Waals surface area contributed by atoms with Gasteiger partial charge in [0.1, 0.15) is 0 Å². The highest BCUT2D eigenvalue weighted by Gasteiger charge is 2.27. The van der Waals surface area contributed by atoms with Gasteiger partial charge in [-0.3, -0.25) is 0 Å². The minimum atomic E-state index is -0.348. The van der Waals surface area contributed by atoms with Crippen LogP contribution in [0.15, 0.2) is 28.7 Å². The third-order valence-electron chi connectivity index (χ3n) is 3.74. The van der Waals surface area contributed by atoms with E-state index in [9.17, 15) is 5.11 Å². The highest BCUT2D eigenvalue weighted by Crippen LogP contribution is 2.30. The normalized spacial score (nSPS) is 14.6. The summed E-state index contributed by atoms with van der Waals surface area (Å²) in [6.45, 7) is 4.83. The Morgan fingerprint density at radius 3 is 2.32 bits per heavy atom. The van der Waals surface area contributed by atoms with Crippen LogP contribution in [0.5, 0.6) is 0 Å². The van der Waals surface area contributed by atoms with Crippen molar-refractivity contribution in [2.75, 3.05) is 6.54 Å². The first-order valence-electron chi connectivity index (χ1n) is 7.27. The monoisotopic (exact) mass is 327 g/mol. The van der Waals surface area contributed by atoms with Crippen molar-refractivity contribution in [1.82, 2.24) is 0 Å². The lowest BCUT2D eigenvalue weighted by atomic mass is 9.81. The van der Waals surface area contributed by atoms with Crippen molar-refractivity contribution < 1.29 is 5.11 Å². The predicted octanol–water partition coefficient (Wildman–Crippen LogP) is 4.07. The lowest BCUT2D eigenvalue weighted by Crippen LogP contribution is -2.32. The van der Waals surface area contributed by atoms with E-state index < -0.39 is 0 Å². The van der Waals surface area contributed by atoms with Gasteiger partial charge in [-0.2, -0.15) is 0 Å². The summed E-state index contributed by atoms with van der Waals surface area (Å²) in [7, 11) is 0. The number of nitrogens with two attached hydrogens (primary N) is 1. The van der Waals surface area contributed by atoms with Crippen molar-refractivity contribution in [3.05, 3.63) is 34.3 Å². The zero-order valence-electron chi connectivity index (χ0n) is 12.0. The largest absolute Gasteiger partial charge is 0.392 e. The second-order valence-electron chi connectivity index (χ2n) is 5.23. The Bertz CT molecular complexity index is 364. The molecule has 0 aliphatic rings. The van der Waals surface area contributed by atoms with Crippen molar-refractivity contribution in [2.24, 2.45) is 11.7 Å². The SMILES string of the molecule is CCCC(CCC)C(O)C(CN)c1cccc(Br)c1. The highest BCUT2D eigenvalue weighted by atomic mass is 79.9. The van der Waals surface area contributed by atoms with Crippen LogP contribution < -0.4 is 5.73 Å². The molecule has 0 saturated heterocycles. The van der Waals surface area contributed by atoms with E-state index in [1.807, 2.05) is 12.1 Å². The van der Waals surface area contributed by atoms with E-state index in [1.54, 1.807) is 0 Å². The number of halogens is 1. The fourth-order valence-electron chi connectivity index (χ4n) is 2.77. The third-order valence-corrected chi connectivity index (χ3v) is 4.24. The Hall–Kier alpha value is -0.380. The summed E-state index contributed by atoms with van der Waals surface area (Å²) < 4.78 is 1.04. The summed E-state index contributed by atoms with van der Waals surface area (Å²) >= 11 is 3.48. The van der Waals surface area contributed by atoms with Crippen LogP contribution in [0.4, 0.5) is 0 Å². The third kappa shape index (κ3) is 4.90. The van der Waals surface area contributed by atoms with Crippen LogP contribution in [0, 0.1) is 5.92 Å². The lowest BCUT2D eigenvalue weighted by Gasteiger charge is -2.29. The molecule has 1 aromatic rings. The van der Waals surface area contributed by atoms with Crippen LogP contribution in [0.2, 0.25) is 0 Å². The molecule has 0 radical (unpaired) electrons. The fourth-order valence-corrected chi connectivity index (χ4v) is 3.18. The Morgan fingerprint density at radius 2 is 1.84 bits per heavy atom. The topological polar surface area (TPSA) is 46.2 Å². The van der Waals surface area contributed by atoms with E-state index in [2.05, 4.69) is 41.9 Å². The summed E-state index contributed by atoms with van der Waals surface area (Å²) in [6, 6.07) is 8.12. The minimum Gasteiger partial charge on any atom is -0.392 e. The number of hydrogen-bond acceptors (Lipinski definition) is 2. The highest BCUT2D eigenvalue weighted by molar-refractivity contribution is 9.10. The van der Waals surface area contributed by atoms with Crippen LogP contribution in [0.3, 0.4) is 0 Å². The van der Waals surface area contributed by atoms with E-state index in [0.717, 1.165) is 35.7 Å². The standard InChI is InChI=1S/C16H26BrNO/c1-3-6-12(7-4-2)16(19)15(11-18)13-8-5-9-14(17)10-13/h5,8-10,12,15-16,19H,3-4,6-7,11,18H2,1-2H3. The van der Waals surface area contributed by atoms with Gasteiger partial charge in [-0.05, 0) is 36.5 Å². The van der Waals surface area contributed by atoms with Crippen molar-refractivity contribution in [3.8, 4) is 0 Å². The molecule has 1 rings (SSSR count). The smallest absolute Gasteiger partial charge is 0.0648 e. The first-order valence-corrected chi connectivity index (χ1v) is 8.06. The van der Waals surface area contributed by atoms with Gasteiger partial charge in [0, 0.05) is 16.9 Å². The molecule has 0 bridgehead atoms. The van der Waals surface area contributed by atoms with Crippen LogP contribution in [0.25, 0.3) is 0 Å². The van der Waals surface area contributed by atoms with Crippen LogP contribution in [-0.4, -0.2) is 17.8 Å². The molecule has 0 heterocycles. The number of aliphatic hydroxyl groups excluding tert-OH is 1. The molecule has 0 aliphatic carbocycles. The van der Waals surface area contributed by atoms with Gasteiger partial charge in [-0.15, -0.1) is 0 Å². The van der Waals surface area contributed by atoms with E-state index in [4.69, 9.17) is 5.73 Å². The molecule has 19 heavy (non-hydrogen) atoms. The van der Waals surface area contributed by atoms with E-state index in [0.29, 0.717) is 12.5 Å². The molecule has 1 aromatic carbocycles. The minimum absolute atomic E-state index is 0.0283. The molecule has 2 atom stereocenters. The average Bonchev–Trinajstić information content (AvgIpc) is 2.39. The van der Waals surface area contributed by atoms with Crippen LogP contribution in [0.1, 0.15) is 51.0 Å². The number of aliphatic hydroxyl groups is 1. The summed E-state index contributed by atoms with van der Waals surface area (Å²) in [6.07, 6.45) is 4.01. The Kier molecular flexibility index (Phi) is 7.66. The molecule has 0 aliphatic heterocycles. The molecule has 3 heteroatoms. The molecule has 0 amide bonds. The van der Waals surface area contributed by atoms with Crippen LogP contribution >= 0.6 is 15.9 Å². The lowest BCUT2D eigenvalue weighted by molar-refractivity contribution is 0.0722. The molecule has 108 valence electrons. The number of rotatable bonds is 8. The van der Waals surface area contributed by atoms with Crippen LogP contribution in [-0.2, 0) is 0 Å². The molecule has 2 nitrogen and oxygen atoms in total. The number of benzene rings is 1. The molecule has 0 saturated carbocycles. The van der Waals surface area contributed by atoms with Gasteiger partial charge >= 0.3 is 0 Å². The zero-order valence-corrected chi connectivity index (χ0v) is 13.6. The van der Waals surface area contributed by atoms with E-state index >= 15 is 0 Å². The van der Waals surface area contributed by atoms with Gasteiger partial charge in [-0.25, -0.2) is 0 Å². The maximum atomic E-state index is 10.7. The second kappa shape index (κ2) is 8.72.